The Hall–Kier alpha value is -3.34. The average molecular weight is 316 g/mol. The molecule has 5 nitrogen and oxygen atoms in total. The molecule has 2 N–H and O–H groups in total. The van der Waals surface area contributed by atoms with E-state index in [9.17, 15) is 0 Å². The van der Waals surface area contributed by atoms with E-state index in [4.69, 9.17) is 4.74 Å². The fourth-order valence-electron chi connectivity index (χ4n) is 2.54. The summed E-state index contributed by atoms with van der Waals surface area (Å²) in [5.41, 5.74) is 2.82. The second-order valence-electron chi connectivity index (χ2n) is 5.50. The van der Waals surface area contributed by atoms with E-state index in [2.05, 4.69) is 20.3 Å². The van der Waals surface area contributed by atoms with Crippen molar-refractivity contribution >= 4 is 22.5 Å². The largest absolute Gasteiger partial charge is 0.457 e. The van der Waals surface area contributed by atoms with Crippen LogP contribution in [0.4, 0.5) is 11.5 Å². The number of nitrogens with one attached hydrogen (secondary N) is 2. The highest BCUT2D eigenvalue weighted by Gasteiger charge is 2.06. The Morgan fingerprint density at radius 1 is 0.917 bits per heavy atom. The van der Waals surface area contributed by atoms with Crippen LogP contribution in [0.3, 0.4) is 0 Å². The van der Waals surface area contributed by atoms with E-state index in [1.54, 1.807) is 6.33 Å². The summed E-state index contributed by atoms with van der Waals surface area (Å²) in [6, 6.07) is 19.5. The van der Waals surface area contributed by atoms with Gasteiger partial charge in [-0.15, -0.1) is 0 Å². The minimum absolute atomic E-state index is 0.779. The maximum atomic E-state index is 5.80. The van der Waals surface area contributed by atoms with Gasteiger partial charge in [0.2, 0.25) is 0 Å². The molecule has 2 aromatic carbocycles. The van der Waals surface area contributed by atoms with E-state index in [0.717, 1.165) is 39.7 Å². The van der Waals surface area contributed by atoms with Gasteiger partial charge in [0.15, 0.2) is 0 Å². The molecular weight excluding hydrogens is 300 g/mol. The molecule has 4 rings (SSSR count). The van der Waals surface area contributed by atoms with Crippen LogP contribution < -0.4 is 10.1 Å². The lowest BCUT2D eigenvalue weighted by atomic mass is 10.2. The average Bonchev–Trinajstić information content (AvgIpc) is 2.99. The maximum Gasteiger partial charge on any atom is 0.143 e. The molecule has 0 aliphatic carbocycles. The van der Waals surface area contributed by atoms with Crippen molar-refractivity contribution in [2.45, 2.75) is 6.92 Å². The second kappa shape index (κ2) is 6.04. The lowest BCUT2D eigenvalue weighted by Crippen LogP contribution is -1.95. The van der Waals surface area contributed by atoms with Crippen molar-refractivity contribution in [2.75, 3.05) is 5.32 Å². The predicted octanol–water partition coefficient (Wildman–Crippen LogP) is 4.80. The molecule has 0 saturated carbocycles. The van der Waals surface area contributed by atoms with Crippen LogP contribution in [0.5, 0.6) is 11.5 Å². The number of benzene rings is 2. The van der Waals surface area contributed by atoms with Gasteiger partial charge in [-0.25, -0.2) is 9.97 Å². The van der Waals surface area contributed by atoms with Gasteiger partial charge in [0.05, 0.1) is 5.39 Å². The molecule has 0 spiro atoms. The standard InChI is InChI=1S/C19H16N4O/c1-13-11-17-18(22-13)20-12-21-19(17)23-14-7-9-16(10-8-14)24-15-5-3-2-4-6-15/h2-12H,1H3,(H2,20,21,22,23). The van der Waals surface area contributed by atoms with Gasteiger partial charge in [-0.1, -0.05) is 18.2 Å². The third kappa shape index (κ3) is 2.92. The van der Waals surface area contributed by atoms with Gasteiger partial charge in [0, 0.05) is 11.4 Å². The number of hydrogen-bond donors (Lipinski definition) is 2. The molecule has 0 unspecified atom stereocenters. The Bertz CT molecular complexity index is 962. The molecule has 0 fully saturated rings. The number of anilines is 2. The molecule has 0 bridgehead atoms. The van der Waals surface area contributed by atoms with Crippen molar-refractivity contribution in [1.82, 2.24) is 15.0 Å². The molecule has 0 saturated heterocycles. The summed E-state index contributed by atoms with van der Waals surface area (Å²) >= 11 is 0. The SMILES string of the molecule is Cc1cc2c(Nc3ccc(Oc4ccccc4)cc3)ncnc2[nH]1. The van der Waals surface area contributed by atoms with Crippen molar-refractivity contribution < 1.29 is 4.74 Å². The van der Waals surface area contributed by atoms with Crippen LogP contribution in [-0.2, 0) is 0 Å². The Kier molecular flexibility index (Phi) is 3.59. The van der Waals surface area contributed by atoms with Crippen LogP contribution in [0, 0.1) is 6.92 Å². The first-order chi connectivity index (χ1) is 11.8. The smallest absolute Gasteiger partial charge is 0.143 e. The van der Waals surface area contributed by atoms with Crippen LogP contribution in [0.2, 0.25) is 0 Å². The zero-order valence-electron chi connectivity index (χ0n) is 13.2. The summed E-state index contributed by atoms with van der Waals surface area (Å²) in [5.74, 6) is 2.39. The van der Waals surface area contributed by atoms with Crippen LogP contribution in [-0.4, -0.2) is 15.0 Å². The van der Waals surface area contributed by atoms with Gasteiger partial charge in [0.1, 0.15) is 29.3 Å². The molecular formula is C19H16N4O. The number of aromatic amines is 1. The number of fused-ring (bicyclic) bond motifs is 1. The number of H-pyrrole nitrogens is 1. The van der Waals surface area contributed by atoms with Crippen LogP contribution >= 0.6 is 0 Å². The van der Waals surface area contributed by atoms with Crippen molar-refractivity contribution in [3.8, 4) is 11.5 Å². The highest BCUT2D eigenvalue weighted by Crippen LogP contribution is 2.26. The minimum Gasteiger partial charge on any atom is -0.457 e. The summed E-state index contributed by atoms with van der Waals surface area (Å²) in [7, 11) is 0. The molecule has 2 heterocycles. The lowest BCUT2D eigenvalue weighted by Gasteiger charge is -2.08. The zero-order chi connectivity index (χ0) is 16.4. The first-order valence-corrected chi connectivity index (χ1v) is 7.68. The number of nitrogens with zero attached hydrogens (tertiary/aromatic N) is 2. The molecule has 0 radical (unpaired) electrons. The van der Waals surface area contributed by atoms with E-state index in [1.807, 2.05) is 67.6 Å². The summed E-state index contributed by atoms with van der Waals surface area (Å²) in [5, 5.41) is 4.30. The third-order valence-electron chi connectivity index (χ3n) is 3.66. The first-order valence-electron chi connectivity index (χ1n) is 7.68. The van der Waals surface area contributed by atoms with Gasteiger partial charge < -0.3 is 15.0 Å². The highest BCUT2D eigenvalue weighted by molar-refractivity contribution is 5.89. The van der Waals surface area contributed by atoms with Gasteiger partial charge in [0.25, 0.3) is 0 Å². The van der Waals surface area contributed by atoms with Crippen molar-refractivity contribution in [3.05, 3.63) is 72.7 Å². The molecule has 4 aromatic rings. The summed E-state index contributed by atoms with van der Waals surface area (Å²) in [6.45, 7) is 2.00. The Morgan fingerprint density at radius 2 is 1.67 bits per heavy atom. The number of aromatic nitrogens is 3. The monoisotopic (exact) mass is 316 g/mol. The van der Waals surface area contributed by atoms with Crippen LogP contribution in [0.15, 0.2) is 67.0 Å². The molecule has 0 aliphatic heterocycles. The highest BCUT2D eigenvalue weighted by atomic mass is 16.5. The normalized spacial score (nSPS) is 10.7. The van der Waals surface area contributed by atoms with E-state index >= 15 is 0 Å². The summed E-state index contributed by atoms with van der Waals surface area (Å²) in [6.07, 6.45) is 1.55. The molecule has 24 heavy (non-hydrogen) atoms. The second-order valence-corrected chi connectivity index (χ2v) is 5.50. The molecule has 2 aromatic heterocycles. The van der Waals surface area contributed by atoms with E-state index in [0.29, 0.717) is 0 Å². The van der Waals surface area contributed by atoms with E-state index in [1.165, 1.54) is 0 Å². The van der Waals surface area contributed by atoms with Gasteiger partial charge >= 0.3 is 0 Å². The van der Waals surface area contributed by atoms with E-state index in [-0.39, 0.29) is 0 Å². The third-order valence-corrected chi connectivity index (χ3v) is 3.66. The Labute approximate surface area is 139 Å². The molecule has 5 heteroatoms. The minimum atomic E-state index is 0.779. The molecule has 0 aliphatic rings. The number of para-hydroxylation sites is 1. The number of aryl methyl sites for hydroxylation is 1. The van der Waals surface area contributed by atoms with Gasteiger partial charge in [-0.2, -0.15) is 0 Å². The fourth-order valence-corrected chi connectivity index (χ4v) is 2.54. The van der Waals surface area contributed by atoms with E-state index < -0.39 is 0 Å². The summed E-state index contributed by atoms with van der Waals surface area (Å²) < 4.78 is 5.80. The topological polar surface area (TPSA) is 62.8 Å². The van der Waals surface area contributed by atoms with Crippen molar-refractivity contribution in [3.63, 3.8) is 0 Å². The Morgan fingerprint density at radius 3 is 2.46 bits per heavy atom. The fraction of sp³-hybridized carbons (Fsp3) is 0.0526. The summed E-state index contributed by atoms with van der Waals surface area (Å²) in [4.78, 5) is 11.8. The number of hydrogen-bond acceptors (Lipinski definition) is 4. The number of rotatable bonds is 4. The van der Waals surface area contributed by atoms with Gasteiger partial charge in [-0.3, -0.25) is 0 Å². The van der Waals surface area contributed by atoms with Gasteiger partial charge in [-0.05, 0) is 49.4 Å². The molecule has 0 atom stereocenters. The molecule has 118 valence electrons. The maximum absolute atomic E-state index is 5.80. The zero-order valence-corrected chi connectivity index (χ0v) is 13.2. The number of ether oxygens (including phenoxy) is 1. The predicted molar refractivity (Wildman–Crippen MR) is 94.9 cm³/mol. The Balaban J connectivity index is 1.54. The lowest BCUT2D eigenvalue weighted by molar-refractivity contribution is 0.483. The van der Waals surface area contributed by atoms with Crippen molar-refractivity contribution in [2.24, 2.45) is 0 Å². The quantitative estimate of drug-likeness (QED) is 0.567. The molecule has 0 amide bonds. The van der Waals surface area contributed by atoms with Crippen LogP contribution in [0.1, 0.15) is 5.69 Å². The van der Waals surface area contributed by atoms with Crippen LogP contribution in [0.25, 0.3) is 11.0 Å². The first kappa shape index (κ1) is 14.3. The van der Waals surface area contributed by atoms with Crippen molar-refractivity contribution in [1.29, 1.82) is 0 Å².